The second kappa shape index (κ2) is 12.5. The molecule has 2 atom stereocenters. The molecule has 0 bridgehead atoms. The summed E-state index contributed by atoms with van der Waals surface area (Å²) < 4.78 is 5.46. The molecule has 33 heavy (non-hydrogen) atoms. The van der Waals surface area contributed by atoms with Gasteiger partial charge in [-0.25, -0.2) is 0 Å². The first-order valence-electron chi connectivity index (χ1n) is 12.1. The van der Waals surface area contributed by atoms with E-state index < -0.39 is 17.5 Å². The Hall–Kier alpha value is -2.67. The number of aliphatic hydroxyl groups is 1. The van der Waals surface area contributed by atoms with E-state index in [9.17, 15) is 19.5 Å². The first-order valence-corrected chi connectivity index (χ1v) is 12.1. The van der Waals surface area contributed by atoms with Gasteiger partial charge in [0.25, 0.3) is 0 Å². The van der Waals surface area contributed by atoms with Gasteiger partial charge in [-0.1, -0.05) is 55.3 Å². The van der Waals surface area contributed by atoms with Crippen molar-refractivity contribution in [3.05, 3.63) is 48.0 Å². The van der Waals surface area contributed by atoms with E-state index in [1.807, 2.05) is 42.5 Å². The summed E-state index contributed by atoms with van der Waals surface area (Å²) >= 11 is 0. The van der Waals surface area contributed by atoms with E-state index in [4.69, 9.17) is 4.74 Å². The Morgan fingerprint density at radius 2 is 1.85 bits per heavy atom. The summed E-state index contributed by atoms with van der Waals surface area (Å²) in [5, 5.41) is 15.8. The summed E-state index contributed by atoms with van der Waals surface area (Å²) in [6.45, 7) is -0.0338. The van der Waals surface area contributed by atoms with Crippen LogP contribution in [0.1, 0.15) is 75.8 Å². The summed E-state index contributed by atoms with van der Waals surface area (Å²) in [5.74, 6) is -1.29. The molecule has 0 saturated heterocycles. The molecule has 0 aromatic heterocycles. The Kier molecular flexibility index (Phi) is 9.48. The first kappa shape index (κ1) is 25.0. The quantitative estimate of drug-likeness (QED) is 0.466. The Morgan fingerprint density at radius 1 is 1.09 bits per heavy atom. The van der Waals surface area contributed by atoms with Crippen LogP contribution in [0, 0.1) is 5.92 Å². The molecule has 3 N–H and O–H groups in total. The van der Waals surface area contributed by atoms with Crippen molar-refractivity contribution in [3.63, 3.8) is 0 Å². The number of aliphatic hydroxyl groups excluding tert-OH is 1. The van der Waals surface area contributed by atoms with Crippen LogP contribution in [0.25, 0.3) is 0 Å². The largest absolute Gasteiger partial charge is 0.463 e. The zero-order valence-corrected chi connectivity index (χ0v) is 19.3. The van der Waals surface area contributed by atoms with E-state index in [1.165, 1.54) is 0 Å². The van der Waals surface area contributed by atoms with Gasteiger partial charge in [-0.05, 0) is 44.1 Å². The molecular weight excluding hydrogens is 420 g/mol. The number of allylic oxidation sites excluding steroid dienone is 2. The van der Waals surface area contributed by atoms with Gasteiger partial charge in [0.1, 0.15) is 6.61 Å². The molecule has 7 heteroatoms. The highest BCUT2D eigenvalue weighted by Crippen LogP contribution is 2.29. The summed E-state index contributed by atoms with van der Waals surface area (Å²) in [5.41, 5.74) is 0.279. The van der Waals surface area contributed by atoms with Crippen molar-refractivity contribution >= 4 is 17.8 Å². The van der Waals surface area contributed by atoms with Gasteiger partial charge in [0, 0.05) is 12.8 Å². The van der Waals surface area contributed by atoms with Gasteiger partial charge < -0.3 is 20.5 Å². The number of carbonyl (C=O) groups is 3. The van der Waals surface area contributed by atoms with Gasteiger partial charge in [-0.3, -0.25) is 14.4 Å². The standard InChI is InChI=1S/C26H36N2O5/c29-19-26(15-9-10-16-26)28-23(30)17-21-13-5-2-1-3-8-14-24(31)33-18-22(27-25(21)32)20-11-6-4-7-12-20/h2,4-7,11-12,21-22,29H,1,3,8-10,13-19H2,(H,27,32)(H,28,30)/t21-,22+/m1/s1. The number of rotatable bonds is 5. The zero-order valence-electron chi connectivity index (χ0n) is 19.3. The lowest BCUT2D eigenvalue weighted by atomic mass is 9.95. The third kappa shape index (κ3) is 7.70. The first-order chi connectivity index (χ1) is 16.0. The molecule has 0 radical (unpaired) electrons. The SMILES string of the molecule is O=C(C[C@H]1CC=CCCCCC(=O)OC[C@@H](c2ccccc2)NC1=O)NC1(CO)CCCC1. The molecule has 3 rings (SSSR count). The molecule has 1 aromatic rings. The Balaban J connectivity index is 1.74. The average Bonchev–Trinajstić information content (AvgIpc) is 3.29. The van der Waals surface area contributed by atoms with Crippen LogP contribution < -0.4 is 10.6 Å². The highest BCUT2D eigenvalue weighted by atomic mass is 16.5. The highest BCUT2D eigenvalue weighted by molar-refractivity contribution is 5.86. The lowest BCUT2D eigenvalue weighted by molar-refractivity contribution is -0.145. The fourth-order valence-corrected chi connectivity index (χ4v) is 4.58. The van der Waals surface area contributed by atoms with Crippen LogP contribution in [-0.2, 0) is 19.1 Å². The number of carbonyl (C=O) groups excluding carboxylic acids is 3. The smallest absolute Gasteiger partial charge is 0.305 e. The molecular formula is C26H36N2O5. The summed E-state index contributed by atoms with van der Waals surface area (Å²) in [4.78, 5) is 38.2. The average molecular weight is 457 g/mol. The Bertz CT molecular complexity index is 817. The molecule has 2 amide bonds. The third-order valence-electron chi connectivity index (χ3n) is 6.59. The molecule has 1 heterocycles. The fraction of sp³-hybridized carbons (Fsp3) is 0.577. The third-order valence-corrected chi connectivity index (χ3v) is 6.59. The minimum Gasteiger partial charge on any atom is -0.463 e. The monoisotopic (exact) mass is 456 g/mol. The molecule has 0 spiro atoms. The van der Waals surface area contributed by atoms with Crippen molar-refractivity contribution < 1.29 is 24.2 Å². The van der Waals surface area contributed by atoms with Crippen molar-refractivity contribution in [2.75, 3.05) is 13.2 Å². The van der Waals surface area contributed by atoms with Crippen LogP contribution in [0.15, 0.2) is 42.5 Å². The summed E-state index contributed by atoms with van der Waals surface area (Å²) in [6, 6.07) is 8.91. The molecule has 180 valence electrons. The van der Waals surface area contributed by atoms with Crippen LogP contribution >= 0.6 is 0 Å². The van der Waals surface area contributed by atoms with Crippen LogP contribution in [0.5, 0.6) is 0 Å². The van der Waals surface area contributed by atoms with Crippen molar-refractivity contribution in [3.8, 4) is 0 Å². The van der Waals surface area contributed by atoms with Gasteiger partial charge in [-0.15, -0.1) is 0 Å². The van der Waals surface area contributed by atoms with Crippen molar-refractivity contribution in [1.82, 2.24) is 10.6 Å². The Morgan fingerprint density at radius 3 is 2.58 bits per heavy atom. The number of cyclic esters (lactones) is 1. The van der Waals surface area contributed by atoms with E-state index in [0.29, 0.717) is 12.8 Å². The second-order valence-electron chi connectivity index (χ2n) is 9.20. The van der Waals surface area contributed by atoms with Crippen molar-refractivity contribution in [2.45, 2.75) is 75.8 Å². The van der Waals surface area contributed by atoms with Crippen molar-refractivity contribution in [2.24, 2.45) is 5.92 Å². The molecule has 1 aromatic carbocycles. The van der Waals surface area contributed by atoms with E-state index >= 15 is 0 Å². The van der Waals surface area contributed by atoms with Gasteiger partial charge >= 0.3 is 5.97 Å². The molecule has 1 aliphatic carbocycles. The predicted molar refractivity (Wildman–Crippen MR) is 125 cm³/mol. The van der Waals surface area contributed by atoms with Gasteiger partial charge in [-0.2, -0.15) is 0 Å². The number of hydrogen-bond donors (Lipinski definition) is 3. The zero-order chi connectivity index (χ0) is 23.5. The predicted octanol–water partition coefficient (Wildman–Crippen LogP) is 3.34. The molecule has 1 saturated carbocycles. The molecule has 0 unspecified atom stereocenters. The van der Waals surface area contributed by atoms with Crippen LogP contribution in [0.4, 0.5) is 0 Å². The van der Waals surface area contributed by atoms with Crippen LogP contribution in [-0.4, -0.2) is 41.6 Å². The number of esters is 1. The number of benzene rings is 1. The number of nitrogens with one attached hydrogen (secondary N) is 2. The van der Waals surface area contributed by atoms with E-state index in [-0.39, 0.29) is 37.4 Å². The second-order valence-corrected chi connectivity index (χ2v) is 9.20. The van der Waals surface area contributed by atoms with E-state index in [2.05, 4.69) is 10.6 Å². The van der Waals surface area contributed by atoms with Crippen LogP contribution in [0.2, 0.25) is 0 Å². The molecule has 1 aliphatic heterocycles. The Labute approximate surface area is 196 Å². The highest BCUT2D eigenvalue weighted by Gasteiger charge is 2.35. The topological polar surface area (TPSA) is 105 Å². The number of amides is 2. The van der Waals surface area contributed by atoms with Gasteiger partial charge in [0.05, 0.1) is 24.1 Å². The summed E-state index contributed by atoms with van der Waals surface area (Å²) in [6.07, 6.45) is 10.7. The molecule has 7 nitrogen and oxygen atoms in total. The number of hydrogen-bond acceptors (Lipinski definition) is 5. The lowest BCUT2D eigenvalue weighted by Gasteiger charge is -2.29. The van der Waals surface area contributed by atoms with Crippen LogP contribution in [0.3, 0.4) is 0 Å². The fourth-order valence-electron chi connectivity index (χ4n) is 4.58. The lowest BCUT2D eigenvalue weighted by Crippen LogP contribution is -2.50. The molecule has 2 aliphatic rings. The maximum Gasteiger partial charge on any atom is 0.305 e. The summed E-state index contributed by atoms with van der Waals surface area (Å²) in [7, 11) is 0. The molecule has 1 fully saturated rings. The van der Waals surface area contributed by atoms with E-state index in [1.54, 1.807) is 0 Å². The minimum atomic E-state index is -0.564. The normalized spacial score (nSPS) is 24.4. The minimum absolute atomic E-state index is 0.0409. The van der Waals surface area contributed by atoms with Gasteiger partial charge in [0.2, 0.25) is 11.8 Å². The van der Waals surface area contributed by atoms with Gasteiger partial charge in [0.15, 0.2) is 0 Å². The van der Waals surface area contributed by atoms with E-state index in [0.717, 1.165) is 50.5 Å². The maximum atomic E-state index is 13.3. The maximum absolute atomic E-state index is 13.3. The van der Waals surface area contributed by atoms with Crippen molar-refractivity contribution in [1.29, 1.82) is 0 Å². The number of ether oxygens (including phenoxy) is 1.